The second-order valence-corrected chi connectivity index (χ2v) is 7.47. The van der Waals surface area contributed by atoms with Crippen molar-refractivity contribution in [1.82, 2.24) is 19.4 Å². The molecular weight excluding hydrogens is 358 g/mol. The lowest BCUT2D eigenvalue weighted by atomic mass is 10.1. The van der Waals surface area contributed by atoms with Gasteiger partial charge in [0.15, 0.2) is 0 Å². The quantitative estimate of drug-likeness (QED) is 0.564. The van der Waals surface area contributed by atoms with Gasteiger partial charge in [-0.25, -0.2) is 4.98 Å². The number of piperazine rings is 1. The summed E-state index contributed by atoms with van der Waals surface area (Å²) in [5, 5.41) is 11.1. The number of benzene rings is 1. The van der Waals surface area contributed by atoms with Crippen LogP contribution in [0.25, 0.3) is 0 Å². The SMILES string of the molecule is Cc1c(C(=O)N2CCN(CCn3ccnc3C(C)C)CC2)cccc1[N+](=O)[O-]. The van der Waals surface area contributed by atoms with Crippen molar-refractivity contribution >= 4 is 11.6 Å². The predicted molar refractivity (Wildman–Crippen MR) is 106 cm³/mol. The Hall–Kier alpha value is -2.74. The zero-order valence-electron chi connectivity index (χ0n) is 16.7. The van der Waals surface area contributed by atoms with Crippen LogP contribution in [0.15, 0.2) is 30.6 Å². The van der Waals surface area contributed by atoms with E-state index in [2.05, 4.69) is 28.3 Å². The fraction of sp³-hybridized carbons (Fsp3) is 0.500. The van der Waals surface area contributed by atoms with Gasteiger partial charge in [0, 0.05) is 74.8 Å². The number of nitro benzene ring substituents is 1. The van der Waals surface area contributed by atoms with Crippen molar-refractivity contribution in [2.45, 2.75) is 33.2 Å². The monoisotopic (exact) mass is 385 g/mol. The summed E-state index contributed by atoms with van der Waals surface area (Å²) in [7, 11) is 0. The molecule has 1 aliphatic rings. The summed E-state index contributed by atoms with van der Waals surface area (Å²) in [5.41, 5.74) is 0.842. The maximum absolute atomic E-state index is 12.8. The number of carbonyl (C=O) groups excluding carboxylic acids is 1. The molecule has 0 bridgehead atoms. The lowest BCUT2D eigenvalue weighted by Gasteiger charge is -2.35. The summed E-state index contributed by atoms with van der Waals surface area (Å²) in [6.45, 7) is 10.6. The molecule has 2 heterocycles. The first-order chi connectivity index (χ1) is 13.4. The Kier molecular flexibility index (Phi) is 6.08. The molecule has 0 aliphatic carbocycles. The molecule has 150 valence electrons. The number of rotatable bonds is 6. The van der Waals surface area contributed by atoms with Crippen molar-refractivity contribution in [3.05, 3.63) is 57.7 Å². The highest BCUT2D eigenvalue weighted by Gasteiger charge is 2.25. The Morgan fingerprint density at radius 2 is 1.93 bits per heavy atom. The first-order valence-electron chi connectivity index (χ1n) is 9.65. The van der Waals surface area contributed by atoms with E-state index in [1.807, 2.05) is 12.4 Å². The van der Waals surface area contributed by atoms with E-state index in [-0.39, 0.29) is 11.6 Å². The highest BCUT2D eigenvalue weighted by atomic mass is 16.6. The van der Waals surface area contributed by atoms with Crippen molar-refractivity contribution in [2.24, 2.45) is 0 Å². The Bertz CT molecular complexity index is 853. The van der Waals surface area contributed by atoms with Crippen molar-refractivity contribution < 1.29 is 9.72 Å². The van der Waals surface area contributed by atoms with E-state index >= 15 is 0 Å². The molecule has 8 nitrogen and oxygen atoms in total. The van der Waals surface area contributed by atoms with Gasteiger partial charge in [-0.1, -0.05) is 19.9 Å². The zero-order chi connectivity index (χ0) is 20.3. The molecule has 3 rings (SSSR count). The first-order valence-corrected chi connectivity index (χ1v) is 9.65. The summed E-state index contributed by atoms with van der Waals surface area (Å²) in [6.07, 6.45) is 3.85. The van der Waals surface area contributed by atoms with Crippen LogP contribution in [-0.4, -0.2) is 62.9 Å². The van der Waals surface area contributed by atoms with Crippen LogP contribution in [0.4, 0.5) is 5.69 Å². The first kappa shape index (κ1) is 20.0. The Balaban J connectivity index is 1.57. The van der Waals surface area contributed by atoms with Crippen LogP contribution in [0.3, 0.4) is 0 Å². The molecule has 0 atom stereocenters. The molecule has 1 fully saturated rings. The molecule has 0 N–H and O–H groups in total. The summed E-state index contributed by atoms with van der Waals surface area (Å²) in [4.78, 5) is 32.1. The number of carbonyl (C=O) groups is 1. The maximum atomic E-state index is 12.8. The normalized spacial score (nSPS) is 15.2. The van der Waals surface area contributed by atoms with Crippen molar-refractivity contribution in [2.75, 3.05) is 32.7 Å². The van der Waals surface area contributed by atoms with E-state index < -0.39 is 4.92 Å². The van der Waals surface area contributed by atoms with E-state index in [0.717, 1.165) is 32.0 Å². The van der Waals surface area contributed by atoms with Crippen LogP contribution in [0.2, 0.25) is 0 Å². The number of nitro groups is 1. The highest BCUT2D eigenvalue weighted by molar-refractivity contribution is 5.96. The molecule has 1 amide bonds. The summed E-state index contributed by atoms with van der Waals surface area (Å²) >= 11 is 0. The van der Waals surface area contributed by atoms with Gasteiger partial charge in [-0.15, -0.1) is 0 Å². The minimum absolute atomic E-state index is 0.00854. The van der Waals surface area contributed by atoms with Gasteiger partial charge in [-0.3, -0.25) is 19.8 Å². The second-order valence-electron chi connectivity index (χ2n) is 7.47. The third kappa shape index (κ3) is 4.22. The molecule has 0 radical (unpaired) electrons. The number of hydrogen-bond donors (Lipinski definition) is 0. The fourth-order valence-corrected chi connectivity index (χ4v) is 3.66. The fourth-order valence-electron chi connectivity index (χ4n) is 3.66. The van der Waals surface area contributed by atoms with Crippen LogP contribution >= 0.6 is 0 Å². The lowest BCUT2D eigenvalue weighted by molar-refractivity contribution is -0.385. The second kappa shape index (κ2) is 8.52. The summed E-state index contributed by atoms with van der Waals surface area (Å²) < 4.78 is 2.19. The summed E-state index contributed by atoms with van der Waals surface area (Å²) in [5.74, 6) is 1.36. The van der Waals surface area contributed by atoms with E-state index in [1.54, 1.807) is 24.0 Å². The molecular formula is C20H27N5O3. The topological polar surface area (TPSA) is 84.5 Å². The van der Waals surface area contributed by atoms with Crippen LogP contribution < -0.4 is 0 Å². The number of hydrogen-bond acceptors (Lipinski definition) is 5. The van der Waals surface area contributed by atoms with Crippen molar-refractivity contribution in [3.63, 3.8) is 0 Å². The van der Waals surface area contributed by atoms with Gasteiger partial charge in [-0.2, -0.15) is 0 Å². The standard InChI is InChI=1S/C20H27N5O3/c1-15(2)19-21-7-8-23(19)12-9-22-10-13-24(14-11-22)20(26)17-5-4-6-18(16(17)3)25(27)28/h4-8,15H,9-14H2,1-3H3. The van der Waals surface area contributed by atoms with Crippen LogP contribution in [0.1, 0.15) is 41.5 Å². The Morgan fingerprint density at radius 1 is 1.21 bits per heavy atom. The molecule has 28 heavy (non-hydrogen) atoms. The number of aromatic nitrogens is 2. The zero-order valence-corrected chi connectivity index (χ0v) is 16.7. The average molecular weight is 385 g/mol. The maximum Gasteiger partial charge on any atom is 0.273 e. The summed E-state index contributed by atoms with van der Waals surface area (Å²) in [6, 6.07) is 4.68. The Morgan fingerprint density at radius 3 is 2.57 bits per heavy atom. The van der Waals surface area contributed by atoms with Crippen LogP contribution in [-0.2, 0) is 6.54 Å². The van der Waals surface area contributed by atoms with Crippen LogP contribution in [0.5, 0.6) is 0 Å². The molecule has 0 unspecified atom stereocenters. The van der Waals surface area contributed by atoms with E-state index in [4.69, 9.17) is 0 Å². The van der Waals surface area contributed by atoms with Crippen molar-refractivity contribution in [1.29, 1.82) is 0 Å². The van der Waals surface area contributed by atoms with Gasteiger partial charge in [0.05, 0.1) is 4.92 Å². The number of amides is 1. The minimum atomic E-state index is -0.439. The lowest BCUT2D eigenvalue weighted by Crippen LogP contribution is -2.49. The van der Waals surface area contributed by atoms with E-state index in [0.29, 0.717) is 30.1 Å². The van der Waals surface area contributed by atoms with Gasteiger partial charge >= 0.3 is 0 Å². The molecule has 8 heteroatoms. The molecule has 1 aromatic heterocycles. The number of imidazole rings is 1. The third-order valence-electron chi connectivity index (χ3n) is 5.31. The molecule has 1 saturated heterocycles. The molecule has 0 spiro atoms. The van der Waals surface area contributed by atoms with Crippen molar-refractivity contribution in [3.8, 4) is 0 Å². The van der Waals surface area contributed by atoms with E-state index in [1.165, 1.54) is 6.07 Å². The highest BCUT2D eigenvalue weighted by Crippen LogP contribution is 2.22. The predicted octanol–water partition coefficient (Wildman–Crippen LogP) is 2.68. The van der Waals surface area contributed by atoms with Gasteiger partial charge < -0.3 is 9.47 Å². The van der Waals surface area contributed by atoms with Crippen LogP contribution in [0, 0.1) is 17.0 Å². The third-order valence-corrected chi connectivity index (χ3v) is 5.31. The van der Waals surface area contributed by atoms with Gasteiger partial charge in [0.1, 0.15) is 5.82 Å². The van der Waals surface area contributed by atoms with Gasteiger partial charge in [0.2, 0.25) is 0 Å². The molecule has 0 saturated carbocycles. The largest absolute Gasteiger partial charge is 0.336 e. The molecule has 1 aliphatic heterocycles. The smallest absolute Gasteiger partial charge is 0.273 e. The molecule has 2 aromatic rings. The molecule has 1 aromatic carbocycles. The number of nitrogens with zero attached hydrogens (tertiary/aromatic N) is 5. The van der Waals surface area contributed by atoms with Gasteiger partial charge in [-0.05, 0) is 13.0 Å². The Labute approximate surface area is 164 Å². The minimum Gasteiger partial charge on any atom is -0.336 e. The van der Waals surface area contributed by atoms with Gasteiger partial charge in [0.25, 0.3) is 11.6 Å². The average Bonchev–Trinajstić information content (AvgIpc) is 3.15. The van der Waals surface area contributed by atoms with E-state index in [9.17, 15) is 14.9 Å².